The summed E-state index contributed by atoms with van der Waals surface area (Å²) in [6.07, 6.45) is 0. The molecule has 0 aromatic heterocycles. The van der Waals surface area contributed by atoms with Gasteiger partial charge >= 0.3 is 0 Å². The number of hydrogen-bond donors (Lipinski definition) is 1. The van der Waals surface area contributed by atoms with Gasteiger partial charge in [-0.05, 0) is 61.4 Å². The molecule has 158 valence electrons. The maximum Gasteiger partial charge on any atom is 0.264 e. The van der Waals surface area contributed by atoms with E-state index in [-0.39, 0.29) is 11.5 Å². The fraction of sp³-hybridized carbons (Fsp3) is 0.182. The molecule has 0 fully saturated rings. The van der Waals surface area contributed by atoms with Crippen LogP contribution in [0.4, 0.5) is 14.5 Å². The molecule has 0 saturated heterocycles. The van der Waals surface area contributed by atoms with Gasteiger partial charge in [0.25, 0.3) is 10.0 Å². The van der Waals surface area contributed by atoms with Crippen molar-refractivity contribution in [1.82, 2.24) is 0 Å². The van der Waals surface area contributed by atoms with Gasteiger partial charge in [-0.1, -0.05) is 35.4 Å². The van der Waals surface area contributed by atoms with E-state index in [0.717, 1.165) is 28.1 Å². The predicted molar refractivity (Wildman–Crippen MR) is 113 cm³/mol. The number of rotatable bonds is 6. The van der Waals surface area contributed by atoms with Gasteiger partial charge in [0.1, 0.15) is 11.6 Å². The van der Waals surface area contributed by atoms with Crippen LogP contribution in [-0.4, -0.2) is 13.5 Å². The number of benzene rings is 3. The van der Waals surface area contributed by atoms with E-state index >= 15 is 0 Å². The summed E-state index contributed by atoms with van der Waals surface area (Å²) in [6.45, 7) is 3.06. The third-order valence-corrected chi connectivity index (χ3v) is 6.94. The molecule has 0 amide bonds. The van der Waals surface area contributed by atoms with E-state index in [4.69, 9.17) is 11.6 Å². The Labute approximate surface area is 179 Å². The van der Waals surface area contributed by atoms with Crippen LogP contribution in [0.5, 0.6) is 0 Å². The topological polar surface area (TPSA) is 57.6 Å². The van der Waals surface area contributed by atoms with E-state index < -0.39 is 33.4 Å². The number of hydrogen-bond acceptors (Lipinski definition) is 3. The van der Waals surface area contributed by atoms with E-state index in [2.05, 4.69) is 0 Å². The van der Waals surface area contributed by atoms with E-state index in [9.17, 15) is 22.3 Å². The van der Waals surface area contributed by atoms with Crippen molar-refractivity contribution in [3.8, 4) is 0 Å². The van der Waals surface area contributed by atoms with Gasteiger partial charge in [0.15, 0.2) is 0 Å². The third kappa shape index (κ3) is 4.33. The van der Waals surface area contributed by atoms with Gasteiger partial charge in [-0.2, -0.15) is 0 Å². The normalized spacial score (nSPS) is 12.6. The Morgan fingerprint density at radius 1 is 1.03 bits per heavy atom. The van der Waals surface area contributed by atoms with Crippen molar-refractivity contribution in [3.63, 3.8) is 0 Å². The van der Waals surface area contributed by atoms with Crippen LogP contribution in [-0.2, 0) is 16.6 Å². The Balaban J connectivity index is 2.25. The Morgan fingerprint density at radius 2 is 1.70 bits per heavy atom. The van der Waals surface area contributed by atoms with Gasteiger partial charge in [0.05, 0.1) is 23.2 Å². The summed E-state index contributed by atoms with van der Waals surface area (Å²) < 4.78 is 56.6. The molecule has 3 aromatic rings. The molecule has 3 aromatic carbocycles. The first kappa shape index (κ1) is 22.2. The van der Waals surface area contributed by atoms with Crippen molar-refractivity contribution in [2.75, 3.05) is 4.31 Å². The second-order valence-corrected chi connectivity index (χ2v) is 9.14. The van der Waals surface area contributed by atoms with Crippen molar-refractivity contribution in [1.29, 1.82) is 0 Å². The molecule has 1 N–H and O–H groups in total. The Hall–Kier alpha value is -2.48. The maximum absolute atomic E-state index is 14.7. The number of aliphatic hydroxyl groups is 1. The smallest absolute Gasteiger partial charge is 0.264 e. The molecular weight excluding hydrogens is 432 g/mol. The van der Waals surface area contributed by atoms with Crippen molar-refractivity contribution >= 4 is 27.3 Å². The molecule has 0 bridgehead atoms. The average molecular weight is 452 g/mol. The highest BCUT2D eigenvalue weighted by molar-refractivity contribution is 7.92. The summed E-state index contributed by atoms with van der Waals surface area (Å²) in [5.41, 5.74) is 1.42. The summed E-state index contributed by atoms with van der Waals surface area (Å²) in [6, 6.07) is 12.3. The zero-order valence-corrected chi connectivity index (χ0v) is 17.9. The minimum atomic E-state index is -4.31. The molecule has 30 heavy (non-hydrogen) atoms. The quantitative estimate of drug-likeness (QED) is 0.547. The van der Waals surface area contributed by atoms with Gasteiger partial charge in [0, 0.05) is 11.1 Å². The van der Waals surface area contributed by atoms with E-state index in [1.54, 1.807) is 25.1 Å². The minimum absolute atomic E-state index is 0.125. The van der Waals surface area contributed by atoms with Gasteiger partial charge in [0.2, 0.25) is 0 Å². The molecule has 0 spiro atoms. The molecule has 0 saturated carbocycles. The van der Waals surface area contributed by atoms with Gasteiger partial charge in [-0.25, -0.2) is 17.2 Å². The first-order chi connectivity index (χ1) is 14.1. The lowest BCUT2D eigenvalue weighted by atomic mass is 9.99. The number of nitrogens with zero attached hydrogens (tertiary/aromatic N) is 1. The van der Waals surface area contributed by atoms with Crippen LogP contribution in [0, 0.1) is 18.6 Å². The van der Waals surface area contributed by atoms with Crippen LogP contribution in [0.2, 0.25) is 5.02 Å². The first-order valence-electron chi connectivity index (χ1n) is 9.10. The van der Waals surface area contributed by atoms with Crippen LogP contribution >= 0.6 is 11.6 Å². The SMILES string of the molecule is Cc1ccc([C@@H](C)N(c2cc(F)ccc2F)S(=O)(=O)c2ccc(Cl)cc2)c(CO)c1. The maximum atomic E-state index is 14.7. The van der Waals surface area contributed by atoms with Crippen LogP contribution in [0.1, 0.15) is 29.7 Å². The highest BCUT2D eigenvalue weighted by Crippen LogP contribution is 2.37. The molecule has 0 aliphatic rings. The van der Waals surface area contributed by atoms with Crippen LogP contribution in [0.15, 0.2) is 65.6 Å². The molecule has 0 radical (unpaired) electrons. The molecule has 8 heteroatoms. The number of aryl methyl sites for hydroxylation is 1. The van der Waals surface area contributed by atoms with Crippen LogP contribution in [0.3, 0.4) is 0 Å². The molecule has 0 unspecified atom stereocenters. The molecule has 4 nitrogen and oxygen atoms in total. The second kappa shape index (κ2) is 8.71. The number of halogens is 3. The van der Waals surface area contributed by atoms with Crippen molar-refractivity contribution in [3.05, 3.63) is 94.0 Å². The lowest BCUT2D eigenvalue weighted by molar-refractivity contribution is 0.280. The molecule has 0 aliphatic heterocycles. The molecule has 0 heterocycles. The highest BCUT2D eigenvalue weighted by atomic mass is 35.5. The lowest BCUT2D eigenvalue weighted by Gasteiger charge is -2.32. The predicted octanol–water partition coefficient (Wildman–Crippen LogP) is 5.38. The molecule has 3 rings (SSSR count). The third-order valence-electron chi connectivity index (χ3n) is 4.79. The monoisotopic (exact) mass is 451 g/mol. The average Bonchev–Trinajstić information content (AvgIpc) is 2.70. The lowest BCUT2D eigenvalue weighted by Crippen LogP contribution is -2.35. The number of sulfonamides is 1. The fourth-order valence-corrected chi connectivity index (χ4v) is 5.09. The van der Waals surface area contributed by atoms with Crippen molar-refractivity contribution in [2.45, 2.75) is 31.4 Å². The van der Waals surface area contributed by atoms with E-state index in [1.807, 2.05) is 6.92 Å². The molecule has 1 atom stereocenters. The Bertz CT molecular complexity index is 1170. The van der Waals surface area contributed by atoms with Crippen LogP contribution < -0.4 is 4.31 Å². The molecular formula is C22H20ClF2NO3S. The first-order valence-corrected chi connectivity index (χ1v) is 10.9. The van der Waals surface area contributed by atoms with Crippen LogP contribution in [0.25, 0.3) is 0 Å². The summed E-state index contributed by atoms with van der Waals surface area (Å²) in [5.74, 6) is -1.67. The van der Waals surface area contributed by atoms with Crippen molar-refractivity contribution in [2.24, 2.45) is 0 Å². The van der Waals surface area contributed by atoms with E-state index in [0.29, 0.717) is 16.1 Å². The summed E-state index contributed by atoms with van der Waals surface area (Å²) in [4.78, 5) is -0.125. The Kier molecular flexibility index (Phi) is 6.45. The summed E-state index contributed by atoms with van der Waals surface area (Å²) in [5, 5.41) is 10.1. The van der Waals surface area contributed by atoms with Gasteiger partial charge < -0.3 is 5.11 Å². The summed E-state index contributed by atoms with van der Waals surface area (Å²) in [7, 11) is -4.31. The van der Waals surface area contributed by atoms with Crippen molar-refractivity contribution < 1.29 is 22.3 Å². The highest BCUT2D eigenvalue weighted by Gasteiger charge is 2.33. The number of anilines is 1. The Morgan fingerprint density at radius 3 is 2.33 bits per heavy atom. The second-order valence-electron chi connectivity index (χ2n) is 6.89. The standard InChI is InChI=1S/C22H20ClF2NO3S/c1-14-3-9-20(16(11-14)13-27)15(2)26(22-12-18(24)6-10-21(22)25)30(28,29)19-7-4-17(23)5-8-19/h3-12,15,27H,13H2,1-2H3/t15-/m1/s1. The van der Waals surface area contributed by atoms with Gasteiger partial charge in [-0.3, -0.25) is 4.31 Å². The fourth-order valence-electron chi connectivity index (χ4n) is 3.33. The minimum Gasteiger partial charge on any atom is -0.392 e. The largest absolute Gasteiger partial charge is 0.392 e. The zero-order chi connectivity index (χ0) is 22.1. The van der Waals surface area contributed by atoms with Gasteiger partial charge in [-0.15, -0.1) is 0 Å². The molecule has 0 aliphatic carbocycles. The zero-order valence-electron chi connectivity index (χ0n) is 16.3. The van der Waals surface area contributed by atoms with E-state index in [1.165, 1.54) is 24.3 Å². The summed E-state index contributed by atoms with van der Waals surface area (Å²) >= 11 is 5.87. The number of aliphatic hydroxyl groups excluding tert-OH is 1.